The van der Waals surface area contributed by atoms with Crippen molar-refractivity contribution < 1.29 is 40.0 Å². The Balaban J connectivity index is 1.42. The van der Waals surface area contributed by atoms with E-state index in [0.29, 0.717) is 99.9 Å². The molecule has 0 spiro atoms. The Morgan fingerprint density at radius 2 is 1.29 bits per heavy atom. The number of nitrogens with zero attached hydrogens (tertiary/aromatic N) is 7. The van der Waals surface area contributed by atoms with Crippen molar-refractivity contribution in [3.63, 3.8) is 0 Å². The number of benzene rings is 3. The van der Waals surface area contributed by atoms with Gasteiger partial charge in [-0.25, -0.2) is 25.7 Å². The number of anilines is 3. The molecule has 6 rings (SSSR count). The molecule has 17 nitrogen and oxygen atoms in total. The van der Waals surface area contributed by atoms with Crippen molar-refractivity contribution in [2.45, 2.75) is 134 Å². The van der Waals surface area contributed by atoms with E-state index in [1.54, 1.807) is 4.90 Å². The highest BCUT2D eigenvalue weighted by Crippen LogP contribution is 2.45. The molecule has 2 aromatic carbocycles. The van der Waals surface area contributed by atoms with Crippen LogP contribution in [0.2, 0.25) is 5.28 Å². The molecule has 0 bridgehead atoms. The summed E-state index contributed by atoms with van der Waals surface area (Å²) in [5, 5.41) is 4.38. The summed E-state index contributed by atoms with van der Waals surface area (Å²) >= 11 is 6.70. The molecule has 0 amide bonds. The van der Waals surface area contributed by atoms with Crippen LogP contribution in [0.3, 0.4) is 0 Å². The molecule has 1 aliphatic carbocycles. The molecule has 0 atom stereocenters. The van der Waals surface area contributed by atoms with E-state index in [4.69, 9.17) is 35.2 Å². The third-order valence-electron chi connectivity index (χ3n) is 14.0. The molecule has 0 saturated carbocycles. The van der Waals surface area contributed by atoms with Crippen LogP contribution in [0.1, 0.15) is 125 Å². The largest absolute Gasteiger partial charge is 0.744 e. The fourth-order valence-corrected chi connectivity index (χ4v) is 12.9. The minimum atomic E-state index is -5.55. The summed E-state index contributed by atoms with van der Waals surface area (Å²) in [5.41, 5.74) is 2.07. The topological polar surface area (TPSA) is 196 Å². The average Bonchev–Trinajstić information content (AvgIpc) is 3.47. The SMILES string of the molecule is CCCCCCCCCCCCCCCCN(c1nc(Cl)nc(N2CCOCCNCCOCCOCC2)n1)S(=O)(=O)c1cccc(-c2c3ccc(=[N+](CC)CC)cc-3oc3cc(N(CC)CC)ccc23)c1S(=O)(=O)[O-]. The Morgan fingerprint density at radius 3 is 1.89 bits per heavy atom. The smallest absolute Gasteiger partial charge is 0.267 e. The van der Waals surface area contributed by atoms with E-state index >= 15 is 8.42 Å². The lowest BCUT2D eigenvalue weighted by atomic mass is 9.93. The molecule has 0 radical (unpaired) electrons. The molecule has 420 valence electrons. The number of aromatic nitrogens is 3. The van der Waals surface area contributed by atoms with Crippen molar-refractivity contribution in [2.75, 3.05) is 113 Å². The number of ether oxygens (including phenoxy) is 3. The second-order valence-corrected chi connectivity index (χ2v) is 22.7. The van der Waals surface area contributed by atoms with Gasteiger partial charge in [0.05, 0.1) is 50.6 Å². The Morgan fingerprint density at radius 1 is 0.684 bits per heavy atom. The van der Waals surface area contributed by atoms with E-state index in [-0.39, 0.29) is 35.9 Å². The summed E-state index contributed by atoms with van der Waals surface area (Å²) in [7, 11) is -10.5. The first-order valence-electron chi connectivity index (χ1n) is 27.9. The number of sulfonamides is 1. The molecule has 2 aliphatic heterocycles. The van der Waals surface area contributed by atoms with Gasteiger partial charge >= 0.3 is 0 Å². The van der Waals surface area contributed by atoms with Gasteiger partial charge in [0.25, 0.3) is 10.0 Å². The van der Waals surface area contributed by atoms with E-state index in [0.717, 1.165) is 73.3 Å². The summed E-state index contributed by atoms with van der Waals surface area (Å²) in [6.45, 7) is 17.5. The summed E-state index contributed by atoms with van der Waals surface area (Å²) in [6, 6.07) is 15.4. The summed E-state index contributed by atoms with van der Waals surface area (Å²) in [5.74, 6) is 0.190. The molecule has 3 heterocycles. The zero-order chi connectivity index (χ0) is 54.3. The van der Waals surface area contributed by atoms with Gasteiger partial charge in [-0.2, -0.15) is 15.0 Å². The number of nitrogens with one attached hydrogen (secondary N) is 1. The fourth-order valence-electron chi connectivity index (χ4n) is 9.88. The first-order chi connectivity index (χ1) is 36.9. The predicted molar refractivity (Wildman–Crippen MR) is 303 cm³/mol. The normalized spacial score (nSPS) is 14.7. The van der Waals surface area contributed by atoms with E-state index in [1.165, 1.54) is 63.5 Å². The van der Waals surface area contributed by atoms with Crippen molar-refractivity contribution in [1.82, 2.24) is 24.8 Å². The molecule has 3 aromatic rings. The Hall–Kier alpha value is -4.47. The highest BCUT2D eigenvalue weighted by molar-refractivity contribution is 7.94. The Bertz CT molecular complexity index is 2830. The Labute approximate surface area is 457 Å². The van der Waals surface area contributed by atoms with Crippen molar-refractivity contribution in [3.8, 4) is 22.5 Å². The van der Waals surface area contributed by atoms with Crippen LogP contribution in [0.25, 0.3) is 33.4 Å². The first kappa shape index (κ1) is 60.8. The number of hydrogen-bond acceptors (Lipinski definition) is 15. The number of unbranched alkanes of at least 4 members (excludes halogenated alkanes) is 13. The second kappa shape index (κ2) is 31.2. The van der Waals surface area contributed by atoms with Gasteiger partial charge in [-0.3, -0.25) is 0 Å². The van der Waals surface area contributed by atoms with Crippen LogP contribution < -0.4 is 29.4 Å². The summed E-state index contributed by atoms with van der Waals surface area (Å²) in [6.07, 6.45) is 15.3. The van der Waals surface area contributed by atoms with Crippen LogP contribution >= 0.6 is 11.6 Å². The maximum atomic E-state index is 15.7. The summed E-state index contributed by atoms with van der Waals surface area (Å²) < 4.78 is 101. The van der Waals surface area contributed by atoms with Crippen LogP contribution in [0.4, 0.5) is 17.6 Å². The molecule has 1 N–H and O–H groups in total. The summed E-state index contributed by atoms with van der Waals surface area (Å²) in [4.78, 5) is 15.9. The van der Waals surface area contributed by atoms with Crippen LogP contribution in [-0.2, 0) is 34.4 Å². The van der Waals surface area contributed by atoms with Gasteiger partial charge in [0, 0.05) is 85.7 Å². The molecular formula is C56H83ClN8O9S2. The minimum Gasteiger partial charge on any atom is -0.744 e. The lowest BCUT2D eigenvalue weighted by Gasteiger charge is -2.28. The van der Waals surface area contributed by atoms with E-state index < -0.39 is 29.9 Å². The van der Waals surface area contributed by atoms with Crippen LogP contribution in [-0.4, -0.2) is 135 Å². The van der Waals surface area contributed by atoms with Gasteiger partial charge in [0.1, 0.15) is 39.4 Å². The zero-order valence-corrected chi connectivity index (χ0v) is 48.1. The number of hydrogen-bond donors (Lipinski definition) is 1. The number of rotatable bonds is 26. The minimum absolute atomic E-state index is 0.0756. The zero-order valence-electron chi connectivity index (χ0n) is 45.7. The van der Waals surface area contributed by atoms with Crippen LogP contribution in [0.5, 0.6) is 0 Å². The predicted octanol–water partition coefficient (Wildman–Crippen LogP) is 9.74. The van der Waals surface area contributed by atoms with Gasteiger partial charge in [-0.1, -0.05) is 103 Å². The van der Waals surface area contributed by atoms with Crippen molar-refractivity contribution in [2.24, 2.45) is 0 Å². The third kappa shape index (κ3) is 17.0. The average molecular weight is 1110 g/mol. The molecule has 76 heavy (non-hydrogen) atoms. The maximum Gasteiger partial charge on any atom is 0.267 e. The highest BCUT2D eigenvalue weighted by Gasteiger charge is 2.35. The van der Waals surface area contributed by atoms with E-state index in [9.17, 15) is 13.0 Å². The second-order valence-electron chi connectivity index (χ2n) is 19.2. The molecule has 0 unspecified atom stereocenters. The maximum absolute atomic E-state index is 15.7. The van der Waals surface area contributed by atoms with Gasteiger partial charge < -0.3 is 38.3 Å². The van der Waals surface area contributed by atoms with Gasteiger partial charge in [0.2, 0.25) is 22.5 Å². The lowest BCUT2D eigenvalue weighted by Crippen LogP contribution is -2.37. The standard InChI is InChI=1S/C56H83ClN8O9S2/c1-6-11-12-13-14-15-16-17-18-19-20-21-22-23-33-65(56-60-54(57)59-55(61-56)64-34-38-71-36-31-58-32-37-72-40-41-73-39-35-64)75(66,67)51-26-24-25-48(53(51)76(68,69)70)52-46-29-27-44(62(7-2)8-3)42-49(46)74-50-43-45(28-30-47(50)52)63(9-4)10-5/h24-30,42-43,58H,6-23,31-41H2,1-5H3. The number of halogens is 1. The quantitative estimate of drug-likeness (QED) is 0.0238. The van der Waals surface area contributed by atoms with Crippen molar-refractivity contribution in [3.05, 3.63) is 65.2 Å². The lowest BCUT2D eigenvalue weighted by molar-refractivity contribution is 0.0515. The van der Waals surface area contributed by atoms with Crippen LogP contribution in [0.15, 0.2) is 68.8 Å². The highest BCUT2D eigenvalue weighted by atomic mass is 35.5. The van der Waals surface area contributed by atoms with E-state index in [1.807, 2.05) is 36.4 Å². The fraction of sp³-hybridized carbons (Fsp3) is 0.607. The number of fused-ring (bicyclic) bond motifs is 2. The molecule has 1 saturated heterocycles. The van der Waals surface area contributed by atoms with Crippen molar-refractivity contribution in [1.29, 1.82) is 0 Å². The van der Waals surface area contributed by atoms with Gasteiger partial charge in [-0.15, -0.1) is 0 Å². The monoisotopic (exact) mass is 1110 g/mol. The molecular weight excluding hydrogens is 1030 g/mol. The van der Waals surface area contributed by atoms with Crippen molar-refractivity contribution >= 4 is 60.3 Å². The molecule has 1 fully saturated rings. The third-order valence-corrected chi connectivity index (χ3v) is 17.1. The first-order valence-corrected chi connectivity index (χ1v) is 31.1. The van der Waals surface area contributed by atoms with Gasteiger partial charge in [0.15, 0.2) is 0 Å². The Kier molecular flexibility index (Phi) is 24.9. The van der Waals surface area contributed by atoms with E-state index in [2.05, 4.69) is 59.4 Å². The molecule has 3 aliphatic rings. The van der Waals surface area contributed by atoms with Crippen LogP contribution in [0, 0.1) is 0 Å². The molecule has 20 heteroatoms. The van der Waals surface area contributed by atoms with Gasteiger partial charge in [-0.05, 0) is 70.0 Å². The molecule has 1 aromatic heterocycles.